The van der Waals surface area contributed by atoms with Crippen LogP contribution in [0.5, 0.6) is 0 Å². The summed E-state index contributed by atoms with van der Waals surface area (Å²) in [5, 5.41) is 38.0. The van der Waals surface area contributed by atoms with Crippen LogP contribution in [0.3, 0.4) is 0 Å². The molecule has 0 aliphatic carbocycles. The van der Waals surface area contributed by atoms with Crippen molar-refractivity contribution in [3.05, 3.63) is 193 Å². The highest BCUT2D eigenvalue weighted by Crippen LogP contribution is 2.58. The molecule has 17 aromatic carbocycles. The third kappa shape index (κ3) is 3.75. The van der Waals surface area contributed by atoms with Crippen LogP contribution >= 0.6 is 0 Å². The van der Waals surface area contributed by atoms with E-state index in [4.69, 9.17) is 0 Å². The second-order valence-corrected chi connectivity index (χ2v) is 19.4. The molecule has 0 atom stereocenters. The van der Waals surface area contributed by atoms with Gasteiger partial charge in [0, 0.05) is 0 Å². The Labute approximate surface area is 378 Å². The van der Waals surface area contributed by atoms with E-state index in [-0.39, 0.29) is 0 Å². The highest BCUT2D eigenvalue weighted by atomic mass is 14.3. The van der Waals surface area contributed by atoms with Crippen LogP contribution in [0.25, 0.3) is 173 Å². The van der Waals surface area contributed by atoms with E-state index in [9.17, 15) is 0 Å². The molecule has 300 valence electrons. The van der Waals surface area contributed by atoms with E-state index in [2.05, 4.69) is 196 Å². The highest BCUT2D eigenvalue weighted by molar-refractivity contribution is 6.52. The average molecular weight is 829 g/mol. The number of hydrogen-bond donors (Lipinski definition) is 0. The predicted octanol–water partition coefficient (Wildman–Crippen LogP) is 19.0. The second kappa shape index (κ2) is 11.5. The van der Waals surface area contributed by atoms with Crippen LogP contribution in [0.1, 0.15) is 11.1 Å². The lowest BCUT2D eigenvalue weighted by Crippen LogP contribution is -1.91. The van der Waals surface area contributed by atoms with Gasteiger partial charge in [-0.25, -0.2) is 0 Å². The van der Waals surface area contributed by atoms with Crippen LogP contribution in [-0.2, 0) is 0 Å². The van der Waals surface area contributed by atoms with Gasteiger partial charge in [-0.1, -0.05) is 176 Å². The Balaban J connectivity index is 1.10. The highest BCUT2D eigenvalue weighted by Gasteiger charge is 2.30. The Kier molecular flexibility index (Phi) is 5.94. The summed E-state index contributed by atoms with van der Waals surface area (Å²) in [5.41, 5.74) is 7.92. The van der Waals surface area contributed by atoms with Crippen molar-refractivity contribution in [1.29, 1.82) is 0 Å². The summed E-state index contributed by atoms with van der Waals surface area (Å²) in [6.45, 7) is 4.59. The Hall–Kier alpha value is -8.32. The molecule has 0 nitrogen and oxygen atoms in total. The van der Waals surface area contributed by atoms with E-state index in [0.29, 0.717) is 0 Å². The van der Waals surface area contributed by atoms with Crippen molar-refractivity contribution in [1.82, 2.24) is 0 Å². The van der Waals surface area contributed by atoms with Gasteiger partial charge in [0.1, 0.15) is 0 Å². The van der Waals surface area contributed by atoms with E-state index in [1.54, 1.807) is 0 Å². The van der Waals surface area contributed by atoms with Gasteiger partial charge in [-0.3, -0.25) is 0 Å². The minimum absolute atomic E-state index is 1.30. The van der Waals surface area contributed by atoms with Crippen molar-refractivity contribution in [3.63, 3.8) is 0 Å². The Morgan fingerprint density at radius 2 is 0.530 bits per heavy atom. The van der Waals surface area contributed by atoms with Crippen molar-refractivity contribution < 1.29 is 0 Å². The van der Waals surface area contributed by atoms with Gasteiger partial charge in [-0.05, 0) is 204 Å². The normalized spacial score (nSPS) is 13.0. The van der Waals surface area contributed by atoms with Gasteiger partial charge in [0.2, 0.25) is 0 Å². The van der Waals surface area contributed by atoms with Gasteiger partial charge in [0.25, 0.3) is 0 Å². The van der Waals surface area contributed by atoms with E-state index < -0.39 is 0 Å². The van der Waals surface area contributed by atoms with Crippen molar-refractivity contribution in [2.24, 2.45) is 0 Å². The molecule has 0 fully saturated rings. The predicted molar refractivity (Wildman–Crippen MR) is 288 cm³/mol. The third-order valence-corrected chi connectivity index (χ3v) is 16.4. The molecule has 17 aromatic rings. The molecule has 0 unspecified atom stereocenters. The van der Waals surface area contributed by atoms with E-state index in [0.717, 1.165) is 0 Å². The number of aryl methyl sites for hydroxylation is 2. The zero-order valence-corrected chi connectivity index (χ0v) is 36.3. The van der Waals surface area contributed by atoms with Crippen molar-refractivity contribution in [3.8, 4) is 22.3 Å². The molecule has 0 saturated heterocycles. The minimum Gasteiger partial charge on any atom is -0.0620 e. The summed E-state index contributed by atoms with van der Waals surface area (Å²) in [5.74, 6) is 0. The quantitative estimate of drug-likeness (QED) is 0.120. The van der Waals surface area contributed by atoms with Gasteiger partial charge in [0.15, 0.2) is 0 Å². The third-order valence-electron chi connectivity index (χ3n) is 16.4. The standard InChI is InChI=1S/C66H36/c1-33-12-3-5-17-37(33)60-63-47-22-9-14-35-15-10-23-48(53(35)47)64(63)61(38-18-6-4-13-34(38)2)66-51-31-28-45-43-26-29-49-57-46(25-24-42(55(43)57)44-27-30-50(65(60)66)58(51)56(44)45)52-32-36-16-11-21-40-39-19-7-8-20-41(39)62(54(36)40)59(49)52/h3-32H,1-2H3. The van der Waals surface area contributed by atoms with Gasteiger partial charge in [-0.2, -0.15) is 0 Å². The van der Waals surface area contributed by atoms with E-state index in [1.165, 1.54) is 184 Å². The maximum absolute atomic E-state index is 2.49. The number of benzene rings is 13. The molecule has 0 heteroatoms. The fourth-order valence-electron chi connectivity index (χ4n) is 13.9. The molecule has 66 heavy (non-hydrogen) atoms. The zero-order chi connectivity index (χ0) is 42.8. The first-order chi connectivity index (χ1) is 32.6. The summed E-state index contributed by atoms with van der Waals surface area (Å²) in [6.07, 6.45) is 0. The smallest absolute Gasteiger partial charge is 0.000707 e. The topological polar surface area (TPSA) is 0 Å². The molecular weight excluding hydrogens is 793 g/mol. The molecule has 0 spiro atoms. The molecule has 0 saturated carbocycles. The molecule has 0 aromatic heterocycles. The van der Waals surface area contributed by atoms with Crippen LogP contribution in [-0.4, -0.2) is 0 Å². The van der Waals surface area contributed by atoms with Crippen LogP contribution in [0, 0.1) is 13.8 Å². The molecule has 0 radical (unpaired) electrons. The van der Waals surface area contributed by atoms with Gasteiger partial charge in [0.05, 0.1) is 0 Å². The van der Waals surface area contributed by atoms with Gasteiger partial charge in [-0.15, -0.1) is 0 Å². The average Bonchev–Trinajstić information content (AvgIpc) is 4.08. The summed E-state index contributed by atoms with van der Waals surface area (Å²) in [4.78, 5) is 0. The molecule has 0 heterocycles. The summed E-state index contributed by atoms with van der Waals surface area (Å²) in [6, 6.07) is 70.1. The van der Waals surface area contributed by atoms with Gasteiger partial charge >= 0.3 is 0 Å². The van der Waals surface area contributed by atoms with Crippen molar-refractivity contribution in [2.45, 2.75) is 13.8 Å². The summed E-state index contributed by atoms with van der Waals surface area (Å²) < 4.78 is 0. The van der Waals surface area contributed by atoms with Crippen molar-refractivity contribution in [2.75, 3.05) is 0 Å². The summed E-state index contributed by atoms with van der Waals surface area (Å²) in [7, 11) is 0. The minimum atomic E-state index is 1.30. The first-order valence-electron chi connectivity index (χ1n) is 23.4. The number of fused-ring (bicyclic) bond motifs is 15. The Bertz CT molecular complexity index is 4800. The fraction of sp³-hybridized carbons (Fsp3) is 0.0303. The zero-order valence-electron chi connectivity index (χ0n) is 36.3. The molecule has 0 amide bonds. The molecule has 17 rings (SSSR count). The lowest BCUT2D eigenvalue weighted by molar-refractivity contribution is 1.47. The molecule has 0 aliphatic heterocycles. The lowest BCUT2D eigenvalue weighted by Gasteiger charge is -2.17. The monoisotopic (exact) mass is 828 g/mol. The Morgan fingerprint density at radius 3 is 1.08 bits per heavy atom. The van der Waals surface area contributed by atoms with Crippen LogP contribution in [0.2, 0.25) is 0 Å². The van der Waals surface area contributed by atoms with Crippen molar-refractivity contribution >= 4 is 151 Å². The number of rotatable bonds is 2. The molecule has 0 N–H and O–H groups in total. The lowest BCUT2D eigenvalue weighted by atomic mass is 9.85. The van der Waals surface area contributed by atoms with Crippen LogP contribution in [0.15, 0.2) is 182 Å². The van der Waals surface area contributed by atoms with Crippen LogP contribution in [0.4, 0.5) is 0 Å². The maximum atomic E-state index is 2.49. The fourth-order valence-corrected chi connectivity index (χ4v) is 13.9. The second-order valence-electron chi connectivity index (χ2n) is 19.4. The molecule has 0 aliphatic rings. The van der Waals surface area contributed by atoms with Crippen LogP contribution < -0.4 is 0 Å². The first-order valence-corrected chi connectivity index (χ1v) is 23.4. The van der Waals surface area contributed by atoms with E-state index >= 15 is 0 Å². The SMILES string of the molecule is Cc1ccccc1-c1c2c3cccc4cccc(c2c(-c2ccccc2C)c2c5ccc6c7ccc8c9c(ccc(c%10ccc(c12)c5c%106)c79)c1cc2cccc5c6ccccc6c(c25)c18)c43. The first kappa shape index (κ1) is 34.1. The largest absolute Gasteiger partial charge is 0.0620 e. The van der Waals surface area contributed by atoms with Gasteiger partial charge < -0.3 is 0 Å². The molecule has 0 bridgehead atoms. The van der Waals surface area contributed by atoms with E-state index in [1.807, 2.05) is 0 Å². The Morgan fingerprint density at radius 1 is 0.197 bits per heavy atom. The maximum Gasteiger partial charge on any atom is -0.000707 e. The molecular formula is C66H36. The summed E-state index contributed by atoms with van der Waals surface area (Å²) >= 11 is 0. The number of hydrogen-bond acceptors (Lipinski definition) is 0.